The predicted octanol–water partition coefficient (Wildman–Crippen LogP) is 0.272. The fraction of sp³-hybridized carbons (Fsp3) is 0.750. The molecule has 2 aliphatic rings. The van der Waals surface area contributed by atoms with Gasteiger partial charge in [-0.1, -0.05) is 12.8 Å². The minimum absolute atomic E-state index is 0.0250. The van der Waals surface area contributed by atoms with Crippen LogP contribution in [0.5, 0.6) is 0 Å². The van der Waals surface area contributed by atoms with Gasteiger partial charge in [-0.3, -0.25) is 19.3 Å². The molecule has 3 N–H and O–H groups in total. The van der Waals surface area contributed by atoms with Crippen LogP contribution in [0.2, 0.25) is 0 Å². The van der Waals surface area contributed by atoms with Gasteiger partial charge < -0.3 is 16.0 Å². The molecule has 1 heterocycles. The maximum Gasteiger partial charge on any atom is 0.325 e. The van der Waals surface area contributed by atoms with E-state index in [1.165, 1.54) is 4.90 Å². The van der Waals surface area contributed by atoms with Crippen LogP contribution in [0.4, 0.5) is 4.79 Å². The summed E-state index contributed by atoms with van der Waals surface area (Å²) < 4.78 is 0. The molecule has 1 saturated heterocycles. The zero-order valence-electron chi connectivity index (χ0n) is 14.3. The average Bonchev–Trinajstić information content (AvgIpc) is 3.05. The van der Waals surface area contributed by atoms with Gasteiger partial charge in [0.1, 0.15) is 5.54 Å². The Balaban J connectivity index is 1.70. The van der Waals surface area contributed by atoms with E-state index < -0.39 is 5.54 Å². The third kappa shape index (κ3) is 4.24. The van der Waals surface area contributed by atoms with Crippen LogP contribution in [-0.4, -0.2) is 53.3 Å². The van der Waals surface area contributed by atoms with Gasteiger partial charge in [-0.15, -0.1) is 0 Å². The lowest BCUT2D eigenvalue weighted by atomic mass is 9.98. The Morgan fingerprint density at radius 1 is 1.21 bits per heavy atom. The van der Waals surface area contributed by atoms with E-state index in [9.17, 15) is 19.2 Å². The molecule has 2 fully saturated rings. The first-order chi connectivity index (χ1) is 11.3. The van der Waals surface area contributed by atoms with Crippen molar-refractivity contribution in [3.8, 4) is 0 Å². The van der Waals surface area contributed by atoms with Crippen LogP contribution in [0.1, 0.15) is 52.4 Å². The second kappa shape index (κ2) is 7.63. The summed E-state index contributed by atoms with van der Waals surface area (Å²) in [5, 5.41) is 8.02. The molecule has 0 aromatic heterocycles. The lowest BCUT2D eigenvalue weighted by Gasteiger charge is -2.19. The number of carbonyl (C=O) groups excluding carboxylic acids is 4. The molecule has 8 heteroatoms. The van der Waals surface area contributed by atoms with E-state index in [2.05, 4.69) is 16.0 Å². The summed E-state index contributed by atoms with van der Waals surface area (Å²) in [5.74, 6) is -0.672. The largest absolute Gasteiger partial charge is 0.352 e. The molecular weight excluding hydrogens is 312 g/mol. The molecule has 1 aliphatic carbocycles. The molecule has 5 amide bonds. The number of imide groups is 1. The Labute approximate surface area is 141 Å². The van der Waals surface area contributed by atoms with Crippen molar-refractivity contribution in [3.05, 3.63) is 0 Å². The first-order valence-corrected chi connectivity index (χ1v) is 8.54. The van der Waals surface area contributed by atoms with Crippen molar-refractivity contribution in [2.45, 2.75) is 64.0 Å². The van der Waals surface area contributed by atoms with Crippen LogP contribution in [0.3, 0.4) is 0 Å². The second-order valence-corrected chi connectivity index (χ2v) is 6.78. The van der Waals surface area contributed by atoms with E-state index in [-0.39, 0.29) is 49.3 Å². The number of nitrogens with zero attached hydrogens (tertiary/aromatic N) is 1. The molecule has 1 saturated carbocycles. The van der Waals surface area contributed by atoms with E-state index in [0.29, 0.717) is 19.3 Å². The molecule has 24 heavy (non-hydrogen) atoms. The van der Waals surface area contributed by atoms with E-state index in [1.54, 1.807) is 0 Å². The van der Waals surface area contributed by atoms with Crippen molar-refractivity contribution in [1.82, 2.24) is 20.9 Å². The molecule has 0 atom stereocenters. The number of nitrogens with one attached hydrogen (secondary N) is 3. The number of rotatable bonds is 7. The normalized spacial score (nSPS) is 19.0. The van der Waals surface area contributed by atoms with Crippen molar-refractivity contribution in [1.29, 1.82) is 0 Å². The number of urea groups is 1. The Morgan fingerprint density at radius 3 is 2.50 bits per heavy atom. The maximum absolute atomic E-state index is 12.4. The lowest BCUT2D eigenvalue weighted by Crippen LogP contribution is -2.44. The number of carbonyl (C=O) groups is 4. The third-order valence-electron chi connectivity index (χ3n) is 4.38. The van der Waals surface area contributed by atoms with Gasteiger partial charge >= 0.3 is 6.03 Å². The molecule has 2 rings (SSSR count). The number of hydrogen-bond donors (Lipinski definition) is 3. The first kappa shape index (κ1) is 18.2. The Hall–Kier alpha value is -2.12. The molecule has 8 nitrogen and oxygen atoms in total. The number of hydrogen-bond acceptors (Lipinski definition) is 4. The van der Waals surface area contributed by atoms with E-state index in [1.807, 2.05) is 13.8 Å². The van der Waals surface area contributed by atoms with Crippen molar-refractivity contribution >= 4 is 23.8 Å². The summed E-state index contributed by atoms with van der Waals surface area (Å²) in [6.07, 6.45) is 3.83. The van der Waals surface area contributed by atoms with Crippen LogP contribution in [0, 0.1) is 0 Å². The summed E-state index contributed by atoms with van der Waals surface area (Å²) in [6.45, 7) is 3.84. The van der Waals surface area contributed by atoms with Crippen LogP contribution in [-0.2, 0) is 14.4 Å². The topological polar surface area (TPSA) is 108 Å². The van der Waals surface area contributed by atoms with Gasteiger partial charge in [0.05, 0.1) is 6.54 Å². The Bertz CT molecular complexity index is 526. The third-order valence-corrected chi connectivity index (χ3v) is 4.38. The molecule has 0 bridgehead atoms. The monoisotopic (exact) mass is 338 g/mol. The van der Waals surface area contributed by atoms with Crippen molar-refractivity contribution in [3.63, 3.8) is 0 Å². The minimum Gasteiger partial charge on any atom is -0.352 e. The zero-order valence-corrected chi connectivity index (χ0v) is 14.3. The van der Waals surface area contributed by atoms with Gasteiger partial charge in [0.15, 0.2) is 0 Å². The summed E-state index contributed by atoms with van der Waals surface area (Å²) in [7, 11) is 0. The average molecular weight is 338 g/mol. The van der Waals surface area contributed by atoms with Gasteiger partial charge in [-0.05, 0) is 33.1 Å². The molecule has 0 radical (unpaired) electrons. The molecule has 1 spiro atoms. The smallest absolute Gasteiger partial charge is 0.325 e. The van der Waals surface area contributed by atoms with E-state index in [4.69, 9.17) is 0 Å². The molecule has 0 unspecified atom stereocenters. The van der Waals surface area contributed by atoms with Gasteiger partial charge in [-0.25, -0.2) is 4.79 Å². The molecule has 0 aromatic rings. The first-order valence-electron chi connectivity index (χ1n) is 8.54. The predicted molar refractivity (Wildman–Crippen MR) is 87.0 cm³/mol. The van der Waals surface area contributed by atoms with Crippen LogP contribution in [0.15, 0.2) is 0 Å². The highest BCUT2D eigenvalue weighted by Crippen LogP contribution is 2.35. The summed E-state index contributed by atoms with van der Waals surface area (Å²) in [6, 6.07) is -0.337. The van der Waals surface area contributed by atoms with Crippen LogP contribution < -0.4 is 16.0 Å². The van der Waals surface area contributed by atoms with Gasteiger partial charge in [0.25, 0.3) is 5.91 Å². The maximum atomic E-state index is 12.4. The summed E-state index contributed by atoms with van der Waals surface area (Å²) in [4.78, 5) is 48.8. The molecule has 134 valence electrons. The molecule has 0 aromatic carbocycles. The summed E-state index contributed by atoms with van der Waals surface area (Å²) in [5.41, 5.74) is -0.700. The molecular formula is C16H26N4O4. The quantitative estimate of drug-likeness (QED) is 0.579. The standard InChI is InChI=1S/C16H26N4O4/c1-11(2)18-13(22)10-17-12(21)6-5-9-20-14(23)16(19-15(20)24)7-3-4-8-16/h11H,3-10H2,1-2H3,(H,17,21)(H,18,22)(H,19,24). The highest BCUT2D eigenvalue weighted by molar-refractivity contribution is 6.07. The SMILES string of the molecule is CC(C)NC(=O)CNC(=O)CCCN1C(=O)NC2(CCCC2)C1=O. The highest BCUT2D eigenvalue weighted by Gasteiger charge is 2.51. The summed E-state index contributed by atoms with van der Waals surface area (Å²) >= 11 is 0. The minimum atomic E-state index is -0.700. The Morgan fingerprint density at radius 2 is 1.88 bits per heavy atom. The van der Waals surface area contributed by atoms with Gasteiger partial charge in [0.2, 0.25) is 11.8 Å². The van der Waals surface area contributed by atoms with Gasteiger partial charge in [-0.2, -0.15) is 0 Å². The van der Waals surface area contributed by atoms with Crippen molar-refractivity contribution in [2.75, 3.05) is 13.1 Å². The number of amides is 5. The van der Waals surface area contributed by atoms with E-state index in [0.717, 1.165) is 12.8 Å². The fourth-order valence-corrected chi connectivity index (χ4v) is 3.23. The highest BCUT2D eigenvalue weighted by atomic mass is 16.2. The van der Waals surface area contributed by atoms with Crippen molar-refractivity contribution in [2.24, 2.45) is 0 Å². The van der Waals surface area contributed by atoms with Gasteiger partial charge in [0, 0.05) is 19.0 Å². The zero-order chi connectivity index (χ0) is 17.7. The van der Waals surface area contributed by atoms with Crippen LogP contribution in [0.25, 0.3) is 0 Å². The fourth-order valence-electron chi connectivity index (χ4n) is 3.23. The molecule has 1 aliphatic heterocycles. The second-order valence-electron chi connectivity index (χ2n) is 6.78. The Kier molecular flexibility index (Phi) is 5.80. The van der Waals surface area contributed by atoms with Crippen LogP contribution >= 0.6 is 0 Å². The lowest BCUT2D eigenvalue weighted by molar-refractivity contribution is -0.131. The van der Waals surface area contributed by atoms with Crippen molar-refractivity contribution < 1.29 is 19.2 Å². The van der Waals surface area contributed by atoms with E-state index >= 15 is 0 Å².